The molecule has 1 saturated carbocycles. The first-order chi connectivity index (χ1) is 17.3. The highest BCUT2D eigenvalue weighted by Crippen LogP contribution is 2.53. The maximum atomic E-state index is 12.9. The van der Waals surface area contributed by atoms with E-state index in [-0.39, 0.29) is 49.6 Å². The van der Waals surface area contributed by atoms with Crippen molar-refractivity contribution in [2.24, 2.45) is 5.41 Å². The number of hydrogen-bond donors (Lipinski definition) is 3. The highest BCUT2D eigenvalue weighted by atomic mass is 35.5. The van der Waals surface area contributed by atoms with Crippen LogP contribution in [-0.4, -0.2) is 93.7 Å². The minimum atomic E-state index is -4.62. The third kappa shape index (κ3) is 5.80. The predicted molar refractivity (Wildman–Crippen MR) is 128 cm³/mol. The minimum absolute atomic E-state index is 0.0191. The second-order valence-electron chi connectivity index (χ2n) is 10.0. The van der Waals surface area contributed by atoms with Crippen molar-refractivity contribution in [3.63, 3.8) is 0 Å². The van der Waals surface area contributed by atoms with Crippen LogP contribution in [0.3, 0.4) is 0 Å². The van der Waals surface area contributed by atoms with Crippen LogP contribution in [0.15, 0.2) is 18.2 Å². The van der Waals surface area contributed by atoms with E-state index >= 15 is 0 Å². The number of anilines is 1. The lowest BCUT2D eigenvalue weighted by Crippen LogP contribution is -2.59. The molecule has 2 aliphatic heterocycles. The van der Waals surface area contributed by atoms with Gasteiger partial charge in [0.2, 0.25) is 5.91 Å². The number of likely N-dealkylation sites (tertiary alicyclic amines) is 1. The number of hydrogen-bond acceptors (Lipinski definition) is 5. The molecule has 0 radical (unpaired) electrons. The molecule has 1 spiro atoms. The van der Waals surface area contributed by atoms with Crippen molar-refractivity contribution in [2.75, 3.05) is 38.0 Å². The molecule has 0 bridgehead atoms. The van der Waals surface area contributed by atoms with Crippen LogP contribution in [0.25, 0.3) is 0 Å². The number of piperidine rings is 1. The zero-order valence-corrected chi connectivity index (χ0v) is 21.1. The number of nitrogens with zero attached hydrogens (tertiary/aromatic N) is 3. The molecule has 9 nitrogen and oxygen atoms in total. The average Bonchev–Trinajstić information content (AvgIpc) is 3.61. The first-order valence-corrected chi connectivity index (χ1v) is 12.6. The number of β-amino-alcohol motifs (C(OH)–C–C–N with tert-alkyl or cyclic N) is 1. The molecule has 3 atom stereocenters. The van der Waals surface area contributed by atoms with Crippen LogP contribution in [0.4, 0.5) is 23.7 Å². The lowest BCUT2D eigenvalue weighted by Gasteiger charge is -2.40. The standard InChI is InChI=1S/C24H30ClF3N4O5/c1-14-20(35)30(8-4-18(33)21(36)31-9-7-23(5-6-23)19(34)13-31)10-11-32(14)22(37)29-15-2-3-16(17(25)12-15)24(26,27)28/h2-3,12,14,18-19,33-34H,4-11,13H2,1H3,(H,29,37)/t14-,18-,19+/m0/s1. The molecule has 0 unspecified atom stereocenters. The summed E-state index contributed by atoms with van der Waals surface area (Å²) in [4.78, 5) is 42.4. The molecule has 3 fully saturated rings. The van der Waals surface area contributed by atoms with Gasteiger partial charge < -0.3 is 30.2 Å². The number of urea groups is 1. The highest BCUT2D eigenvalue weighted by molar-refractivity contribution is 6.31. The van der Waals surface area contributed by atoms with Crippen molar-refractivity contribution in [1.29, 1.82) is 0 Å². The maximum absolute atomic E-state index is 12.9. The Balaban J connectivity index is 1.27. The topological polar surface area (TPSA) is 113 Å². The molecule has 1 aromatic rings. The Morgan fingerprint density at radius 3 is 2.51 bits per heavy atom. The number of amides is 4. The maximum Gasteiger partial charge on any atom is 0.417 e. The molecule has 2 saturated heterocycles. The second-order valence-corrected chi connectivity index (χ2v) is 10.4. The first-order valence-electron chi connectivity index (χ1n) is 12.2. The Kier molecular flexibility index (Phi) is 7.64. The summed E-state index contributed by atoms with van der Waals surface area (Å²) < 4.78 is 38.7. The number of piperazine rings is 1. The lowest BCUT2D eigenvalue weighted by molar-refractivity contribution is -0.147. The Morgan fingerprint density at radius 2 is 1.92 bits per heavy atom. The van der Waals surface area contributed by atoms with Gasteiger partial charge in [-0.3, -0.25) is 9.59 Å². The molecular formula is C24H30ClF3N4O5. The summed E-state index contributed by atoms with van der Waals surface area (Å²) in [5.41, 5.74) is -1.02. The summed E-state index contributed by atoms with van der Waals surface area (Å²) in [5.74, 6) is -0.848. The number of nitrogens with one attached hydrogen (secondary N) is 1. The Morgan fingerprint density at radius 1 is 1.22 bits per heavy atom. The number of carbonyl (C=O) groups is 3. The van der Waals surface area contributed by atoms with Crippen molar-refractivity contribution >= 4 is 35.1 Å². The van der Waals surface area contributed by atoms with Gasteiger partial charge in [-0.25, -0.2) is 4.79 Å². The number of alkyl halides is 3. The van der Waals surface area contributed by atoms with Crippen LogP contribution in [0.1, 0.15) is 38.2 Å². The van der Waals surface area contributed by atoms with Crippen LogP contribution in [0.2, 0.25) is 5.02 Å². The summed E-state index contributed by atoms with van der Waals surface area (Å²) in [6.07, 6.45) is -3.87. The van der Waals surface area contributed by atoms with E-state index in [1.54, 1.807) is 0 Å². The third-order valence-corrected chi connectivity index (χ3v) is 7.99. The molecule has 13 heteroatoms. The zero-order chi connectivity index (χ0) is 27.1. The largest absolute Gasteiger partial charge is 0.417 e. The average molecular weight is 547 g/mol. The SMILES string of the molecule is C[C@H]1C(=O)N(CC[C@H](O)C(=O)N2CCC3(CC3)[C@H](O)C2)CCN1C(=O)Nc1ccc(C(F)(F)F)c(Cl)c1. The van der Waals surface area contributed by atoms with Gasteiger partial charge in [-0.15, -0.1) is 0 Å². The van der Waals surface area contributed by atoms with Gasteiger partial charge in [-0.1, -0.05) is 11.6 Å². The van der Waals surface area contributed by atoms with Crippen molar-refractivity contribution in [3.05, 3.63) is 28.8 Å². The van der Waals surface area contributed by atoms with E-state index in [2.05, 4.69) is 5.32 Å². The molecule has 37 heavy (non-hydrogen) atoms. The van der Waals surface area contributed by atoms with Crippen LogP contribution >= 0.6 is 11.6 Å². The predicted octanol–water partition coefficient (Wildman–Crippen LogP) is 2.55. The second kappa shape index (κ2) is 10.3. The van der Waals surface area contributed by atoms with Crippen molar-refractivity contribution in [3.8, 4) is 0 Å². The zero-order valence-electron chi connectivity index (χ0n) is 20.3. The number of benzene rings is 1. The van der Waals surface area contributed by atoms with E-state index in [0.717, 1.165) is 31.0 Å². The summed E-state index contributed by atoms with van der Waals surface area (Å²) in [7, 11) is 0. The van der Waals surface area contributed by atoms with Crippen LogP contribution in [0, 0.1) is 5.41 Å². The van der Waals surface area contributed by atoms with Gasteiger partial charge in [-0.2, -0.15) is 13.2 Å². The molecule has 4 amide bonds. The van der Waals surface area contributed by atoms with Gasteiger partial charge in [0.15, 0.2) is 0 Å². The van der Waals surface area contributed by atoms with E-state index in [4.69, 9.17) is 11.6 Å². The number of rotatable bonds is 5. The molecule has 4 rings (SSSR count). The smallest absolute Gasteiger partial charge is 0.391 e. The molecule has 3 N–H and O–H groups in total. The normalized spacial score (nSPS) is 24.3. The number of aliphatic hydroxyl groups is 2. The van der Waals surface area contributed by atoms with E-state index in [9.17, 15) is 37.8 Å². The van der Waals surface area contributed by atoms with Gasteiger partial charge in [-0.05, 0) is 56.2 Å². The Hall–Kier alpha value is -2.57. The van der Waals surface area contributed by atoms with E-state index in [0.29, 0.717) is 13.0 Å². The molecule has 1 aliphatic carbocycles. The van der Waals surface area contributed by atoms with Gasteiger partial charge >= 0.3 is 12.2 Å². The van der Waals surface area contributed by atoms with Gasteiger partial charge in [0, 0.05) is 38.4 Å². The monoisotopic (exact) mass is 546 g/mol. The van der Waals surface area contributed by atoms with Crippen LogP contribution in [0.5, 0.6) is 0 Å². The third-order valence-electron chi connectivity index (χ3n) is 7.68. The number of halogens is 4. The fraction of sp³-hybridized carbons (Fsp3) is 0.625. The summed E-state index contributed by atoms with van der Waals surface area (Å²) in [6, 6.07) is 1.32. The van der Waals surface area contributed by atoms with Crippen LogP contribution < -0.4 is 5.32 Å². The highest BCUT2D eigenvalue weighted by Gasteiger charge is 2.52. The molecule has 1 aromatic carbocycles. The molecule has 3 aliphatic rings. The Bertz CT molecular complexity index is 1070. The van der Waals surface area contributed by atoms with Crippen LogP contribution in [-0.2, 0) is 15.8 Å². The summed E-state index contributed by atoms with van der Waals surface area (Å²) in [5, 5.41) is 22.6. The van der Waals surface area contributed by atoms with Gasteiger partial charge in [0.1, 0.15) is 12.1 Å². The van der Waals surface area contributed by atoms with Gasteiger partial charge in [0.05, 0.1) is 16.7 Å². The van der Waals surface area contributed by atoms with E-state index in [1.165, 1.54) is 21.6 Å². The molecular weight excluding hydrogens is 517 g/mol. The fourth-order valence-electron chi connectivity index (χ4n) is 5.02. The van der Waals surface area contributed by atoms with Crippen molar-refractivity contribution < 1.29 is 37.8 Å². The summed E-state index contributed by atoms with van der Waals surface area (Å²) >= 11 is 5.70. The van der Waals surface area contributed by atoms with E-state index in [1.807, 2.05) is 0 Å². The van der Waals surface area contributed by atoms with Crippen molar-refractivity contribution in [2.45, 2.75) is 57.0 Å². The summed E-state index contributed by atoms with van der Waals surface area (Å²) in [6.45, 7) is 2.64. The van der Waals surface area contributed by atoms with Crippen molar-refractivity contribution in [1.82, 2.24) is 14.7 Å². The van der Waals surface area contributed by atoms with E-state index < -0.39 is 47.0 Å². The fourth-order valence-corrected chi connectivity index (χ4v) is 5.31. The minimum Gasteiger partial charge on any atom is -0.391 e. The quantitative estimate of drug-likeness (QED) is 0.525. The lowest BCUT2D eigenvalue weighted by atomic mass is 9.90. The number of carbonyl (C=O) groups excluding carboxylic acids is 3. The molecule has 204 valence electrons. The Labute approximate surface area is 217 Å². The molecule has 0 aromatic heterocycles. The first kappa shape index (κ1) is 27.5. The molecule has 2 heterocycles. The number of aliphatic hydroxyl groups excluding tert-OH is 2. The van der Waals surface area contributed by atoms with Gasteiger partial charge in [0.25, 0.3) is 5.91 Å².